The van der Waals surface area contributed by atoms with Gasteiger partial charge >= 0.3 is 0 Å². The van der Waals surface area contributed by atoms with E-state index in [-0.39, 0.29) is 5.91 Å². The molecule has 0 radical (unpaired) electrons. The second-order valence-electron chi connectivity index (χ2n) is 4.22. The quantitative estimate of drug-likeness (QED) is 0.342. The van der Waals surface area contributed by atoms with Crippen LogP contribution in [0.15, 0.2) is 0 Å². The molecule has 0 rings (SSSR count). The maximum absolute atomic E-state index is 11.4. The maximum Gasteiger partial charge on any atom is 0.220 e. The van der Waals surface area contributed by atoms with Gasteiger partial charge in [-0.25, -0.2) is 0 Å². The molecule has 6 heteroatoms. The number of unbranched alkanes of at least 4 members (excludes halogenated alkanes) is 4. The van der Waals surface area contributed by atoms with Gasteiger partial charge in [-0.3, -0.25) is 22.0 Å². The third-order valence-corrected chi connectivity index (χ3v) is 3.19. The molecule has 5 nitrogen and oxygen atoms in total. The molecule has 0 aromatic carbocycles. The zero-order valence-corrected chi connectivity index (χ0v) is 11.5. The van der Waals surface area contributed by atoms with Crippen molar-refractivity contribution in [1.82, 2.24) is 5.32 Å². The Morgan fingerprint density at radius 2 is 1.82 bits per heavy atom. The summed E-state index contributed by atoms with van der Waals surface area (Å²) in [4.78, 5) is 11.4. The summed E-state index contributed by atoms with van der Waals surface area (Å²) in [7, 11) is 0. The first-order valence-electron chi connectivity index (χ1n) is 6.23. The van der Waals surface area contributed by atoms with Gasteiger partial charge in [0.2, 0.25) is 5.91 Å². The lowest BCUT2D eigenvalue weighted by Crippen LogP contribution is -2.55. The molecule has 0 saturated heterocycles. The first-order chi connectivity index (χ1) is 7.95. The summed E-state index contributed by atoms with van der Waals surface area (Å²) >= 11 is 1.18. The number of amides is 1. The molecule has 0 aliphatic rings. The highest BCUT2D eigenvalue weighted by Gasteiger charge is 2.12. The van der Waals surface area contributed by atoms with Crippen molar-refractivity contribution >= 4 is 17.7 Å². The van der Waals surface area contributed by atoms with Crippen molar-refractivity contribution in [2.75, 3.05) is 12.3 Å². The van der Waals surface area contributed by atoms with E-state index in [0.29, 0.717) is 12.2 Å². The smallest absolute Gasteiger partial charge is 0.220 e. The van der Waals surface area contributed by atoms with Crippen molar-refractivity contribution in [3.8, 4) is 0 Å². The van der Waals surface area contributed by atoms with Crippen LogP contribution in [-0.2, 0) is 4.79 Å². The molecule has 0 aliphatic heterocycles. The second-order valence-corrected chi connectivity index (χ2v) is 5.62. The lowest BCUT2D eigenvalue weighted by atomic mass is 10.1. The van der Waals surface area contributed by atoms with Crippen molar-refractivity contribution in [2.45, 2.75) is 50.6 Å². The molecule has 0 aromatic rings. The number of rotatable bonds is 10. The van der Waals surface area contributed by atoms with Crippen LogP contribution in [0.2, 0.25) is 0 Å². The highest BCUT2D eigenvalue weighted by Crippen LogP contribution is 2.08. The summed E-state index contributed by atoms with van der Waals surface area (Å²) in [6, 6.07) is 0. The zero-order chi connectivity index (χ0) is 13.1. The van der Waals surface area contributed by atoms with Crippen molar-refractivity contribution < 1.29 is 4.79 Å². The maximum atomic E-state index is 11.4. The van der Waals surface area contributed by atoms with Crippen LogP contribution in [0, 0.1) is 0 Å². The van der Waals surface area contributed by atoms with Crippen molar-refractivity contribution in [2.24, 2.45) is 17.2 Å². The average Bonchev–Trinajstić information content (AvgIpc) is 2.21. The molecule has 0 spiro atoms. The van der Waals surface area contributed by atoms with E-state index >= 15 is 0 Å². The summed E-state index contributed by atoms with van der Waals surface area (Å²) in [5, 5.41) is 1.64. The van der Waals surface area contributed by atoms with E-state index in [9.17, 15) is 4.79 Å². The first-order valence-corrected chi connectivity index (χ1v) is 7.21. The van der Waals surface area contributed by atoms with Crippen LogP contribution in [0.3, 0.4) is 0 Å². The lowest BCUT2D eigenvalue weighted by molar-refractivity contribution is -0.120. The van der Waals surface area contributed by atoms with Gasteiger partial charge in [0.15, 0.2) is 5.12 Å². The van der Waals surface area contributed by atoms with E-state index in [4.69, 9.17) is 17.2 Å². The van der Waals surface area contributed by atoms with Crippen LogP contribution in [0.25, 0.3) is 0 Å². The second kappa shape index (κ2) is 9.70. The fraction of sp³-hybridized carbons (Fsp3) is 0.909. The Labute approximate surface area is 108 Å². The molecule has 1 amide bonds. The van der Waals surface area contributed by atoms with Crippen LogP contribution in [0.4, 0.5) is 0 Å². The van der Waals surface area contributed by atoms with E-state index in [1.54, 1.807) is 0 Å². The van der Waals surface area contributed by atoms with E-state index in [1.807, 2.05) is 0 Å². The van der Waals surface area contributed by atoms with E-state index in [2.05, 4.69) is 12.2 Å². The van der Waals surface area contributed by atoms with Gasteiger partial charge < -0.3 is 5.32 Å². The molecule has 0 aromatic heterocycles. The third kappa shape index (κ3) is 13.6. The molecule has 0 aliphatic carbocycles. The molecular weight excluding hydrogens is 236 g/mol. The lowest BCUT2D eigenvalue weighted by Gasteiger charge is -2.16. The average molecular weight is 262 g/mol. The standard InChI is InChI=1S/C11H26N4OS/c1-2-3-4-5-6-8-15-10(16)7-9-17-11(12,13)14/h2-9,12-14H2,1H3,(H,15,16). The predicted octanol–water partition coefficient (Wildman–Crippen LogP) is 0.684. The Bertz CT molecular complexity index is 206. The fourth-order valence-corrected chi connectivity index (χ4v) is 2.01. The van der Waals surface area contributed by atoms with Crippen LogP contribution >= 0.6 is 11.8 Å². The zero-order valence-electron chi connectivity index (χ0n) is 10.7. The Morgan fingerprint density at radius 1 is 1.18 bits per heavy atom. The topological polar surface area (TPSA) is 107 Å². The fourth-order valence-electron chi connectivity index (χ4n) is 1.37. The van der Waals surface area contributed by atoms with Gasteiger partial charge in [-0.15, -0.1) is 11.8 Å². The summed E-state index contributed by atoms with van der Waals surface area (Å²) < 4.78 is 0. The minimum atomic E-state index is -1.24. The summed E-state index contributed by atoms with van der Waals surface area (Å²) in [5.74, 6) is 0.586. The largest absolute Gasteiger partial charge is 0.356 e. The Morgan fingerprint density at radius 3 is 2.41 bits per heavy atom. The highest BCUT2D eigenvalue weighted by atomic mass is 32.2. The van der Waals surface area contributed by atoms with E-state index in [0.717, 1.165) is 13.0 Å². The van der Waals surface area contributed by atoms with Crippen molar-refractivity contribution in [3.05, 3.63) is 0 Å². The van der Waals surface area contributed by atoms with Gasteiger partial charge in [0.05, 0.1) is 0 Å². The van der Waals surface area contributed by atoms with Crippen LogP contribution < -0.4 is 22.5 Å². The Balaban J connectivity index is 3.29. The number of thioether (sulfide) groups is 1. The van der Waals surface area contributed by atoms with Gasteiger partial charge in [-0.05, 0) is 6.42 Å². The molecule has 0 fully saturated rings. The monoisotopic (exact) mass is 262 g/mol. The Kier molecular flexibility index (Phi) is 9.53. The number of carbonyl (C=O) groups excluding carboxylic acids is 1. The van der Waals surface area contributed by atoms with Gasteiger partial charge in [0.1, 0.15) is 0 Å². The van der Waals surface area contributed by atoms with Gasteiger partial charge in [-0.1, -0.05) is 32.6 Å². The van der Waals surface area contributed by atoms with E-state index < -0.39 is 5.12 Å². The normalized spacial score (nSPS) is 11.5. The molecule has 7 N–H and O–H groups in total. The summed E-state index contributed by atoms with van der Waals surface area (Å²) in [6.07, 6.45) is 6.40. The first kappa shape index (κ1) is 16.7. The van der Waals surface area contributed by atoms with Crippen LogP contribution in [-0.4, -0.2) is 23.3 Å². The third-order valence-electron chi connectivity index (χ3n) is 2.28. The Hall–Kier alpha value is -0.300. The summed E-state index contributed by atoms with van der Waals surface area (Å²) in [5.41, 5.74) is 16.1. The number of nitrogens with two attached hydrogens (primary N) is 3. The van der Waals surface area contributed by atoms with E-state index in [1.165, 1.54) is 37.4 Å². The molecule has 0 atom stereocenters. The molecule has 0 heterocycles. The van der Waals surface area contributed by atoms with Gasteiger partial charge in [0, 0.05) is 18.7 Å². The SMILES string of the molecule is CCCCCCCNC(=O)CCSC(N)(N)N. The minimum Gasteiger partial charge on any atom is -0.356 e. The molecule has 17 heavy (non-hydrogen) atoms. The minimum absolute atomic E-state index is 0.0391. The summed E-state index contributed by atoms with van der Waals surface area (Å²) in [6.45, 7) is 2.94. The number of hydrogen-bond acceptors (Lipinski definition) is 5. The number of hydrogen-bond donors (Lipinski definition) is 4. The molecule has 102 valence electrons. The van der Waals surface area contributed by atoms with Crippen molar-refractivity contribution in [1.29, 1.82) is 0 Å². The van der Waals surface area contributed by atoms with Gasteiger partial charge in [0.25, 0.3) is 0 Å². The molecular formula is C11H26N4OS. The molecule has 0 bridgehead atoms. The van der Waals surface area contributed by atoms with Crippen LogP contribution in [0.1, 0.15) is 45.4 Å². The van der Waals surface area contributed by atoms with Crippen molar-refractivity contribution in [3.63, 3.8) is 0 Å². The highest BCUT2D eigenvalue weighted by molar-refractivity contribution is 8.00. The van der Waals surface area contributed by atoms with Gasteiger partial charge in [-0.2, -0.15) is 0 Å². The number of nitrogens with one attached hydrogen (secondary N) is 1. The molecule has 0 saturated carbocycles. The number of carbonyl (C=O) groups is 1. The predicted molar refractivity (Wildman–Crippen MR) is 74.1 cm³/mol. The van der Waals surface area contributed by atoms with Crippen LogP contribution in [0.5, 0.6) is 0 Å². The molecule has 0 unspecified atom stereocenters.